The number of aliphatic hydroxyl groups is 1. The van der Waals surface area contributed by atoms with Gasteiger partial charge in [-0.25, -0.2) is 4.39 Å². The highest BCUT2D eigenvalue weighted by molar-refractivity contribution is 5.78. The van der Waals surface area contributed by atoms with E-state index in [1.54, 1.807) is 12.1 Å². The van der Waals surface area contributed by atoms with Crippen LogP contribution in [0.1, 0.15) is 25.0 Å². The lowest BCUT2D eigenvalue weighted by Gasteiger charge is -2.50. The fourth-order valence-corrected chi connectivity index (χ4v) is 4.52. The van der Waals surface area contributed by atoms with Crippen molar-refractivity contribution in [2.45, 2.75) is 31.8 Å². The summed E-state index contributed by atoms with van der Waals surface area (Å²) < 4.78 is 13.3. The van der Waals surface area contributed by atoms with Crippen LogP contribution in [-0.2, 0) is 6.54 Å². The Labute approximate surface area is 145 Å². The number of H-pyrrole nitrogens is 1. The highest BCUT2D eigenvalue weighted by atomic mass is 19.1. The van der Waals surface area contributed by atoms with E-state index in [0.29, 0.717) is 23.5 Å². The molecule has 5 nitrogen and oxygen atoms in total. The molecule has 2 aromatic rings. The summed E-state index contributed by atoms with van der Waals surface area (Å²) in [6.45, 7) is 3.61. The maximum Gasteiger partial charge on any atom is 0.189 e. The minimum Gasteiger partial charge on any atom is -0.396 e. The van der Waals surface area contributed by atoms with Crippen LogP contribution in [-0.4, -0.2) is 47.3 Å². The van der Waals surface area contributed by atoms with Gasteiger partial charge in [0.15, 0.2) is 5.43 Å². The van der Waals surface area contributed by atoms with Crippen LogP contribution in [0.4, 0.5) is 4.39 Å². The Morgan fingerprint density at radius 3 is 3.08 bits per heavy atom. The van der Waals surface area contributed by atoms with Crippen molar-refractivity contribution in [2.75, 3.05) is 26.2 Å². The van der Waals surface area contributed by atoms with Gasteiger partial charge >= 0.3 is 0 Å². The van der Waals surface area contributed by atoms with E-state index in [1.165, 1.54) is 12.1 Å². The Morgan fingerprint density at radius 1 is 1.36 bits per heavy atom. The van der Waals surface area contributed by atoms with Crippen molar-refractivity contribution < 1.29 is 9.50 Å². The van der Waals surface area contributed by atoms with Crippen LogP contribution in [0.5, 0.6) is 0 Å². The van der Waals surface area contributed by atoms with Gasteiger partial charge < -0.3 is 15.4 Å². The van der Waals surface area contributed by atoms with Gasteiger partial charge in [0.25, 0.3) is 0 Å². The lowest BCUT2D eigenvalue weighted by molar-refractivity contribution is -0.0226. The van der Waals surface area contributed by atoms with Gasteiger partial charge in [-0.1, -0.05) is 0 Å². The third-order valence-corrected chi connectivity index (χ3v) is 5.81. The number of aromatic amines is 1. The molecule has 0 saturated carbocycles. The van der Waals surface area contributed by atoms with Crippen molar-refractivity contribution in [3.05, 3.63) is 46.0 Å². The fourth-order valence-electron chi connectivity index (χ4n) is 4.52. The summed E-state index contributed by atoms with van der Waals surface area (Å²) in [5.74, 6) is -0.400. The second kappa shape index (κ2) is 6.52. The number of rotatable bonds is 3. The number of nitrogens with zero attached hydrogens (tertiary/aromatic N) is 1. The Hall–Kier alpha value is -1.76. The molecule has 2 aliphatic rings. The van der Waals surface area contributed by atoms with Crippen LogP contribution in [0.3, 0.4) is 0 Å². The lowest BCUT2D eigenvalue weighted by atomic mass is 9.71. The molecular formula is C19H24FN3O2. The monoisotopic (exact) mass is 345 g/mol. The zero-order valence-electron chi connectivity index (χ0n) is 14.2. The number of aromatic nitrogens is 1. The molecule has 0 aliphatic carbocycles. The molecule has 25 heavy (non-hydrogen) atoms. The predicted octanol–water partition coefficient (Wildman–Crippen LogP) is 1.60. The van der Waals surface area contributed by atoms with Crippen molar-refractivity contribution in [3.8, 4) is 0 Å². The van der Waals surface area contributed by atoms with Gasteiger partial charge in [0.05, 0.1) is 6.61 Å². The third-order valence-electron chi connectivity index (χ3n) is 5.81. The van der Waals surface area contributed by atoms with Crippen LogP contribution < -0.4 is 10.7 Å². The summed E-state index contributed by atoms with van der Waals surface area (Å²) >= 11 is 0. The number of hydrogen-bond acceptors (Lipinski definition) is 4. The Balaban J connectivity index is 1.57. The molecule has 2 aliphatic heterocycles. The van der Waals surface area contributed by atoms with E-state index in [0.717, 1.165) is 44.6 Å². The topological polar surface area (TPSA) is 68.4 Å². The molecule has 0 amide bonds. The Morgan fingerprint density at radius 2 is 2.24 bits per heavy atom. The number of halogens is 1. The first-order valence-electron chi connectivity index (χ1n) is 8.98. The molecule has 1 aromatic heterocycles. The number of hydrogen-bond donors (Lipinski definition) is 3. The van der Waals surface area contributed by atoms with Crippen molar-refractivity contribution in [3.63, 3.8) is 0 Å². The van der Waals surface area contributed by atoms with E-state index >= 15 is 0 Å². The van der Waals surface area contributed by atoms with E-state index in [2.05, 4.69) is 15.2 Å². The predicted molar refractivity (Wildman–Crippen MR) is 95.0 cm³/mol. The number of pyridine rings is 1. The van der Waals surface area contributed by atoms with E-state index in [4.69, 9.17) is 0 Å². The first kappa shape index (κ1) is 16.7. The maximum atomic E-state index is 13.3. The molecule has 6 heteroatoms. The summed E-state index contributed by atoms with van der Waals surface area (Å²) in [5.41, 5.74) is 1.25. The molecule has 2 fully saturated rings. The highest BCUT2D eigenvalue weighted by Gasteiger charge is 2.44. The SMILES string of the molecule is O=c1cc(CN2CCC3NCCCC3(CO)C2)[nH]c2ccc(F)cc12. The molecule has 2 saturated heterocycles. The number of piperidine rings is 2. The van der Waals surface area contributed by atoms with E-state index in [1.807, 2.05) is 0 Å². The molecule has 134 valence electrons. The van der Waals surface area contributed by atoms with Crippen LogP contribution in [0, 0.1) is 11.2 Å². The molecule has 4 rings (SSSR count). The van der Waals surface area contributed by atoms with Gasteiger partial charge in [0, 0.05) is 53.8 Å². The summed E-state index contributed by atoms with van der Waals surface area (Å²) in [7, 11) is 0. The summed E-state index contributed by atoms with van der Waals surface area (Å²) in [6.07, 6.45) is 3.12. The molecule has 1 aromatic carbocycles. The molecule has 2 unspecified atom stereocenters. The molecule has 3 heterocycles. The molecule has 0 radical (unpaired) electrons. The van der Waals surface area contributed by atoms with Crippen molar-refractivity contribution in [2.24, 2.45) is 5.41 Å². The first-order valence-corrected chi connectivity index (χ1v) is 8.98. The average molecular weight is 345 g/mol. The largest absolute Gasteiger partial charge is 0.396 e. The maximum absolute atomic E-state index is 13.3. The molecule has 0 bridgehead atoms. The minimum atomic E-state index is -0.400. The Kier molecular flexibility index (Phi) is 4.35. The number of fused-ring (bicyclic) bond motifs is 2. The van der Waals surface area contributed by atoms with Crippen LogP contribution in [0.25, 0.3) is 10.9 Å². The smallest absolute Gasteiger partial charge is 0.189 e. The van der Waals surface area contributed by atoms with Crippen molar-refractivity contribution in [1.29, 1.82) is 0 Å². The summed E-state index contributed by atoms with van der Waals surface area (Å²) in [4.78, 5) is 17.8. The molecule has 2 atom stereocenters. The number of likely N-dealkylation sites (tertiary alicyclic amines) is 1. The van der Waals surface area contributed by atoms with Gasteiger partial charge in [-0.2, -0.15) is 0 Å². The lowest BCUT2D eigenvalue weighted by Crippen LogP contribution is -2.61. The van der Waals surface area contributed by atoms with Gasteiger partial charge in [-0.15, -0.1) is 0 Å². The number of nitrogens with one attached hydrogen (secondary N) is 2. The van der Waals surface area contributed by atoms with E-state index in [-0.39, 0.29) is 17.5 Å². The first-order chi connectivity index (χ1) is 12.1. The van der Waals surface area contributed by atoms with Crippen molar-refractivity contribution in [1.82, 2.24) is 15.2 Å². The normalized spacial score (nSPS) is 27.4. The van der Waals surface area contributed by atoms with Gasteiger partial charge in [0.2, 0.25) is 0 Å². The van der Waals surface area contributed by atoms with Crippen molar-refractivity contribution >= 4 is 10.9 Å². The van der Waals surface area contributed by atoms with Gasteiger partial charge in [-0.05, 0) is 44.0 Å². The standard InChI is InChI=1S/C19H24FN3O2/c20-13-2-3-16-15(8-13)17(25)9-14(22-16)10-23-7-4-18-19(11-23,12-24)5-1-6-21-18/h2-3,8-9,18,21,24H,1,4-7,10-12H2,(H,22,25). The number of benzene rings is 1. The van der Waals surface area contributed by atoms with Crippen LogP contribution in [0.2, 0.25) is 0 Å². The second-order valence-corrected chi connectivity index (χ2v) is 7.48. The van der Waals surface area contributed by atoms with E-state index in [9.17, 15) is 14.3 Å². The van der Waals surface area contributed by atoms with Crippen LogP contribution >= 0.6 is 0 Å². The minimum absolute atomic E-state index is 0.0865. The average Bonchev–Trinajstić information content (AvgIpc) is 2.62. The van der Waals surface area contributed by atoms with E-state index < -0.39 is 5.82 Å². The number of aliphatic hydroxyl groups excluding tert-OH is 1. The summed E-state index contributed by atoms with van der Waals surface area (Å²) in [6, 6.07) is 6.20. The quantitative estimate of drug-likeness (QED) is 0.790. The molecule has 3 N–H and O–H groups in total. The Bertz CT molecular complexity index is 837. The van der Waals surface area contributed by atoms with Gasteiger partial charge in [-0.3, -0.25) is 9.69 Å². The molecule has 0 spiro atoms. The molecular weight excluding hydrogens is 321 g/mol. The van der Waals surface area contributed by atoms with Gasteiger partial charge in [0.1, 0.15) is 5.82 Å². The second-order valence-electron chi connectivity index (χ2n) is 7.48. The highest BCUT2D eigenvalue weighted by Crippen LogP contribution is 2.37. The fraction of sp³-hybridized carbons (Fsp3) is 0.526. The zero-order valence-corrected chi connectivity index (χ0v) is 14.2. The third kappa shape index (κ3) is 3.10. The summed E-state index contributed by atoms with van der Waals surface area (Å²) in [5, 5.41) is 13.9. The van der Waals surface area contributed by atoms with Crippen LogP contribution in [0.15, 0.2) is 29.1 Å². The zero-order chi connectivity index (χ0) is 17.4.